The normalized spacial score (nSPS) is 22.0. The van der Waals surface area contributed by atoms with Crippen LogP contribution in [0.3, 0.4) is 0 Å². The fourth-order valence-electron chi connectivity index (χ4n) is 2.79. The Bertz CT molecular complexity index is 681. The van der Waals surface area contributed by atoms with E-state index in [1.807, 2.05) is 4.90 Å². The van der Waals surface area contributed by atoms with Crippen molar-refractivity contribution in [1.82, 2.24) is 15.4 Å². The van der Waals surface area contributed by atoms with Gasteiger partial charge in [0.2, 0.25) is 0 Å². The molecule has 1 aromatic heterocycles. The van der Waals surface area contributed by atoms with Gasteiger partial charge in [0.15, 0.2) is 0 Å². The Labute approximate surface area is 127 Å². The maximum Gasteiger partial charge on any atom is 0.127 e. The number of H-pyrrole nitrogens is 1. The van der Waals surface area contributed by atoms with Gasteiger partial charge >= 0.3 is 0 Å². The molecular formula is C14H14ClN5O. The lowest BCUT2D eigenvalue weighted by atomic mass is 9.89. The van der Waals surface area contributed by atoms with Crippen LogP contribution in [0.1, 0.15) is 24.1 Å². The first-order valence-corrected chi connectivity index (χ1v) is 7.04. The van der Waals surface area contributed by atoms with Gasteiger partial charge < -0.3 is 10.0 Å². The van der Waals surface area contributed by atoms with Crippen LogP contribution in [0.15, 0.2) is 24.4 Å². The molecule has 3 rings (SSSR count). The summed E-state index contributed by atoms with van der Waals surface area (Å²) in [6.07, 6.45) is 2.91. The number of aromatic amines is 1. The first kappa shape index (κ1) is 13.9. The lowest BCUT2D eigenvalue weighted by Gasteiger charge is -2.39. The van der Waals surface area contributed by atoms with E-state index in [4.69, 9.17) is 11.6 Å². The molecule has 0 spiro atoms. The van der Waals surface area contributed by atoms with Crippen LogP contribution in [0.2, 0.25) is 5.02 Å². The number of hydrogen-bond acceptors (Lipinski definition) is 5. The standard InChI is InChI=1S/C14H14ClN5O/c15-11-4-1-3-10(7-16)13(11)20-6-2-5-14(21,9-20)12-8-17-19-18-12/h1,3-4,8,21H,2,5-6,9H2,(H,17,18,19). The minimum Gasteiger partial charge on any atom is -0.382 e. The molecule has 7 heteroatoms. The monoisotopic (exact) mass is 303 g/mol. The van der Waals surface area contributed by atoms with E-state index in [0.717, 1.165) is 13.0 Å². The summed E-state index contributed by atoms with van der Waals surface area (Å²) in [5, 5.41) is 30.9. The van der Waals surface area contributed by atoms with Gasteiger partial charge in [0.1, 0.15) is 17.4 Å². The molecule has 0 radical (unpaired) electrons. The van der Waals surface area contributed by atoms with Crippen LogP contribution < -0.4 is 4.90 Å². The van der Waals surface area contributed by atoms with Gasteiger partial charge in [-0.3, -0.25) is 0 Å². The summed E-state index contributed by atoms with van der Waals surface area (Å²) in [6.45, 7) is 1.07. The molecule has 1 atom stereocenters. The van der Waals surface area contributed by atoms with Crippen LogP contribution in [0.25, 0.3) is 0 Å². The Morgan fingerprint density at radius 2 is 2.33 bits per heavy atom. The van der Waals surface area contributed by atoms with Crippen molar-refractivity contribution in [3.63, 3.8) is 0 Å². The lowest BCUT2D eigenvalue weighted by molar-refractivity contribution is 0.0177. The van der Waals surface area contributed by atoms with E-state index in [9.17, 15) is 10.4 Å². The number of halogens is 1. The summed E-state index contributed by atoms with van der Waals surface area (Å²) in [7, 11) is 0. The van der Waals surface area contributed by atoms with Crippen LogP contribution in [0, 0.1) is 11.3 Å². The van der Waals surface area contributed by atoms with Crippen molar-refractivity contribution in [2.75, 3.05) is 18.0 Å². The molecule has 21 heavy (non-hydrogen) atoms. The minimum absolute atomic E-state index is 0.331. The molecule has 6 nitrogen and oxygen atoms in total. The second kappa shape index (κ2) is 5.35. The summed E-state index contributed by atoms with van der Waals surface area (Å²) in [5.41, 5.74) is 0.602. The zero-order valence-electron chi connectivity index (χ0n) is 11.3. The number of aliphatic hydroxyl groups is 1. The Hall–Kier alpha value is -2.10. The van der Waals surface area contributed by atoms with Gasteiger partial charge in [-0.1, -0.05) is 17.7 Å². The molecule has 0 saturated carbocycles. The predicted octanol–water partition coefficient (Wildman–Crippen LogP) is 1.82. The van der Waals surface area contributed by atoms with Crippen molar-refractivity contribution in [1.29, 1.82) is 5.26 Å². The van der Waals surface area contributed by atoms with E-state index in [1.165, 1.54) is 6.20 Å². The van der Waals surface area contributed by atoms with Crippen LogP contribution in [0.4, 0.5) is 5.69 Å². The van der Waals surface area contributed by atoms with E-state index in [2.05, 4.69) is 21.5 Å². The van der Waals surface area contributed by atoms with Crippen molar-refractivity contribution in [2.24, 2.45) is 0 Å². The van der Waals surface area contributed by atoms with Crippen molar-refractivity contribution >= 4 is 17.3 Å². The molecular weight excluding hydrogens is 290 g/mol. The molecule has 0 bridgehead atoms. The SMILES string of the molecule is N#Cc1cccc(Cl)c1N1CCCC(O)(c2cn[nH]n2)C1. The van der Waals surface area contributed by atoms with Crippen LogP contribution in [0.5, 0.6) is 0 Å². The Balaban J connectivity index is 1.96. The number of para-hydroxylation sites is 1. The first-order chi connectivity index (χ1) is 10.1. The smallest absolute Gasteiger partial charge is 0.127 e. The minimum atomic E-state index is -1.09. The van der Waals surface area contributed by atoms with Gasteiger partial charge in [-0.05, 0) is 25.0 Å². The molecule has 1 aliphatic rings. The van der Waals surface area contributed by atoms with Gasteiger partial charge in [-0.2, -0.15) is 20.7 Å². The number of piperidine rings is 1. The molecule has 108 valence electrons. The number of benzene rings is 1. The van der Waals surface area contributed by atoms with Crippen molar-refractivity contribution < 1.29 is 5.11 Å². The molecule has 1 unspecified atom stereocenters. The third-order valence-corrected chi connectivity index (χ3v) is 4.09. The zero-order valence-corrected chi connectivity index (χ0v) is 12.0. The first-order valence-electron chi connectivity index (χ1n) is 6.66. The molecule has 1 saturated heterocycles. The highest BCUT2D eigenvalue weighted by Gasteiger charge is 2.38. The lowest BCUT2D eigenvalue weighted by Crippen LogP contribution is -2.46. The number of anilines is 1. The van der Waals surface area contributed by atoms with Crippen LogP contribution >= 0.6 is 11.6 Å². The highest BCUT2D eigenvalue weighted by molar-refractivity contribution is 6.33. The number of nitrogens with one attached hydrogen (secondary N) is 1. The largest absolute Gasteiger partial charge is 0.382 e. The summed E-state index contributed by atoms with van der Waals surface area (Å²) < 4.78 is 0. The topological polar surface area (TPSA) is 88.8 Å². The maximum absolute atomic E-state index is 10.8. The Kier molecular flexibility index (Phi) is 3.53. The second-order valence-corrected chi connectivity index (χ2v) is 5.57. The van der Waals surface area contributed by atoms with E-state index in [-0.39, 0.29) is 0 Å². The molecule has 1 fully saturated rings. The molecule has 2 N–H and O–H groups in total. The molecule has 0 amide bonds. The summed E-state index contributed by atoms with van der Waals surface area (Å²) in [4.78, 5) is 1.94. The predicted molar refractivity (Wildman–Crippen MR) is 77.9 cm³/mol. The average molecular weight is 304 g/mol. The third kappa shape index (κ3) is 2.46. The van der Waals surface area contributed by atoms with Gasteiger partial charge in [-0.25, -0.2) is 0 Å². The van der Waals surface area contributed by atoms with Crippen molar-refractivity contribution in [3.8, 4) is 6.07 Å². The molecule has 2 heterocycles. The molecule has 2 aromatic rings. The zero-order chi connectivity index (χ0) is 14.9. The quantitative estimate of drug-likeness (QED) is 0.883. The summed E-state index contributed by atoms with van der Waals surface area (Å²) >= 11 is 6.25. The molecule has 0 aliphatic carbocycles. The Morgan fingerprint density at radius 1 is 1.48 bits per heavy atom. The number of rotatable bonds is 2. The fourth-order valence-corrected chi connectivity index (χ4v) is 3.08. The van der Waals surface area contributed by atoms with Gasteiger partial charge in [-0.15, -0.1) is 0 Å². The number of β-amino-alcohol motifs (C(OH)–C–C–N with tert-alkyl or cyclic N) is 1. The summed E-state index contributed by atoms with van der Waals surface area (Å²) in [5.74, 6) is 0. The van der Waals surface area contributed by atoms with E-state index in [0.29, 0.717) is 34.9 Å². The third-order valence-electron chi connectivity index (χ3n) is 3.79. The second-order valence-electron chi connectivity index (χ2n) is 5.16. The number of hydrogen-bond donors (Lipinski definition) is 2. The highest BCUT2D eigenvalue weighted by Crippen LogP contribution is 2.36. The molecule has 1 aliphatic heterocycles. The highest BCUT2D eigenvalue weighted by atomic mass is 35.5. The van der Waals surface area contributed by atoms with Gasteiger partial charge in [0, 0.05) is 6.54 Å². The van der Waals surface area contributed by atoms with Gasteiger partial charge in [0.05, 0.1) is 29.0 Å². The summed E-state index contributed by atoms with van der Waals surface area (Å²) in [6, 6.07) is 7.38. The van der Waals surface area contributed by atoms with E-state index >= 15 is 0 Å². The number of aromatic nitrogens is 3. The van der Waals surface area contributed by atoms with E-state index < -0.39 is 5.60 Å². The average Bonchev–Trinajstić information content (AvgIpc) is 3.02. The van der Waals surface area contributed by atoms with Crippen LogP contribution in [-0.4, -0.2) is 33.6 Å². The molecule has 1 aromatic carbocycles. The maximum atomic E-state index is 10.8. The van der Waals surface area contributed by atoms with Crippen molar-refractivity contribution in [2.45, 2.75) is 18.4 Å². The van der Waals surface area contributed by atoms with E-state index in [1.54, 1.807) is 18.2 Å². The van der Waals surface area contributed by atoms with Gasteiger partial charge in [0.25, 0.3) is 0 Å². The van der Waals surface area contributed by atoms with Crippen LogP contribution in [-0.2, 0) is 5.60 Å². The fraction of sp³-hybridized carbons (Fsp3) is 0.357. The number of nitrogens with zero attached hydrogens (tertiary/aromatic N) is 4. The number of nitriles is 1. The van der Waals surface area contributed by atoms with Crippen molar-refractivity contribution in [3.05, 3.63) is 40.7 Å². The Morgan fingerprint density at radius 3 is 3.05 bits per heavy atom.